The van der Waals surface area contributed by atoms with Crippen molar-refractivity contribution in [1.82, 2.24) is 0 Å². The van der Waals surface area contributed by atoms with E-state index in [-0.39, 0.29) is 25.2 Å². The average molecular weight is 398 g/mol. The van der Waals surface area contributed by atoms with E-state index in [0.29, 0.717) is 11.7 Å². The average Bonchev–Trinajstić information content (AvgIpc) is 2.96. The largest absolute Gasteiger partial charge is 0.457 e. The first-order valence-electron chi connectivity index (χ1n) is 10.5. The fraction of sp³-hybridized carbons (Fsp3) is 0.864. The van der Waals surface area contributed by atoms with Crippen molar-refractivity contribution in [3.8, 4) is 11.8 Å². The molecule has 8 atom stereocenters. The number of halogens is 3. The van der Waals surface area contributed by atoms with Crippen LogP contribution < -0.4 is 0 Å². The number of fused-ring (bicyclic) bond motifs is 5. The molecule has 0 bridgehead atoms. The van der Waals surface area contributed by atoms with Gasteiger partial charge in [-0.1, -0.05) is 12.8 Å². The van der Waals surface area contributed by atoms with Crippen molar-refractivity contribution in [1.29, 1.82) is 0 Å². The first-order chi connectivity index (χ1) is 12.7. The van der Waals surface area contributed by atoms with Crippen molar-refractivity contribution < 1.29 is 18.0 Å². The van der Waals surface area contributed by atoms with Gasteiger partial charge < -0.3 is 0 Å². The first kappa shape index (κ1) is 19.8. The molecule has 0 aromatic rings. The normalized spacial score (nSPS) is 46.5. The molecule has 0 spiro atoms. The van der Waals surface area contributed by atoms with Crippen LogP contribution in [0.5, 0.6) is 0 Å². The number of Topliss-reactive ketones (excluding diaryl/α,β-unsaturated/α-hetero) is 1. The fourth-order valence-electron chi connectivity index (χ4n) is 7.30. The molecule has 4 fully saturated rings. The maximum Gasteiger partial charge on any atom is 0.457 e. The number of carbonyl (C=O) groups is 1. The molecule has 0 aromatic carbocycles. The van der Waals surface area contributed by atoms with E-state index in [2.05, 4.69) is 12.8 Å². The summed E-state index contributed by atoms with van der Waals surface area (Å²) in [6.07, 6.45) is 5.58. The Balaban J connectivity index is 1.46. The van der Waals surface area contributed by atoms with Gasteiger partial charge in [0, 0.05) is 17.8 Å². The highest BCUT2D eigenvalue weighted by Crippen LogP contribution is 2.67. The van der Waals surface area contributed by atoms with Gasteiger partial charge in [-0.3, -0.25) is 4.79 Å². The van der Waals surface area contributed by atoms with Crippen LogP contribution in [0.25, 0.3) is 0 Å². The summed E-state index contributed by atoms with van der Waals surface area (Å²) in [5, 5.41) is 0. The first-order valence-corrected chi connectivity index (χ1v) is 12.3. The molecule has 27 heavy (non-hydrogen) atoms. The Kier molecular flexibility index (Phi) is 5.16. The van der Waals surface area contributed by atoms with Crippen LogP contribution in [-0.2, 0) is 4.79 Å². The number of hydrogen-bond acceptors (Lipinski definition) is 1. The molecule has 8 unspecified atom stereocenters. The van der Waals surface area contributed by atoms with Crippen LogP contribution >= 0.6 is 7.92 Å². The van der Waals surface area contributed by atoms with Crippen molar-refractivity contribution in [3.63, 3.8) is 0 Å². The van der Waals surface area contributed by atoms with E-state index in [0.717, 1.165) is 42.9 Å². The van der Waals surface area contributed by atoms with Gasteiger partial charge in [-0.25, -0.2) is 0 Å². The SMILES string of the molecule is CC(=O)C1CCC2C3CCP4CC(C#CC(F)(F)F)CCC4C3CCC12C. The van der Waals surface area contributed by atoms with Crippen LogP contribution in [0, 0.1) is 46.8 Å². The summed E-state index contributed by atoms with van der Waals surface area (Å²) < 4.78 is 37.3. The highest BCUT2D eigenvalue weighted by atomic mass is 31.1. The monoisotopic (exact) mass is 398 g/mol. The molecule has 0 radical (unpaired) electrons. The Morgan fingerprint density at radius 2 is 1.85 bits per heavy atom. The minimum Gasteiger partial charge on any atom is -0.300 e. The Hall–Kier alpha value is -0.550. The second-order valence-corrected chi connectivity index (χ2v) is 12.3. The predicted molar refractivity (Wildman–Crippen MR) is 103 cm³/mol. The fourth-order valence-corrected chi connectivity index (χ4v) is 11.0. The van der Waals surface area contributed by atoms with Crippen LogP contribution in [0.2, 0.25) is 0 Å². The van der Waals surface area contributed by atoms with Crippen LogP contribution in [0.3, 0.4) is 0 Å². The van der Waals surface area contributed by atoms with Gasteiger partial charge in [0.1, 0.15) is 5.78 Å². The third-order valence-electron chi connectivity index (χ3n) is 8.38. The van der Waals surface area contributed by atoms with E-state index in [4.69, 9.17) is 0 Å². The Morgan fingerprint density at radius 1 is 1.07 bits per heavy atom. The summed E-state index contributed by atoms with van der Waals surface area (Å²) in [4.78, 5) is 12.2. The molecule has 2 aliphatic carbocycles. The lowest BCUT2D eigenvalue weighted by Crippen LogP contribution is -2.48. The van der Waals surface area contributed by atoms with Crippen molar-refractivity contribution >= 4 is 13.7 Å². The standard InChI is InChI=1S/C22H30F3OP/c1-14(26)18-4-5-19-16-9-12-27-13-15(7-11-22(23,24)25)3-6-20(27)17(16)8-10-21(18,19)2/h15-20H,3-6,8-10,12-13H2,1-2H3. The molecule has 150 valence electrons. The van der Waals surface area contributed by atoms with E-state index in [1.54, 1.807) is 6.92 Å². The summed E-state index contributed by atoms with van der Waals surface area (Å²) in [6.45, 7) is 4.14. The van der Waals surface area contributed by atoms with Crippen molar-refractivity contribution in [2.24, 2.45) is 35.0 Å². The Morgan fingerprint density at radius 3 is 2.56 bits per heavy atom. The molecule has 2 aliphatic heterocycles. The molecule has 0 amide bonds. The molecule has 2 heterocycles. The van der Waals surface area contributed by atoms with Gasteiger partial charge in [-0.2, -0.15) is 13.2 Å². The van der Waals surface area contributed by atoms with Gasteiger partial charge in [0.05, 0.1) is 0 Å². The third kappa shape index (κ3) is 3.59. The van der Waals surface area contributed by atoms with Crippen LogP contribution in [0.1, 0.15) is 58.8 Å². The summed E-state index contributed by atoms with van der Waals surface area (Å²) in [6, 6.07) is 0. The summed E-state index contributed by atoms with van der Waals surface area (Å²) in [7, 11) is -0.171. The zero-order valence-electron chi connectivity index (χ0n) is 16.3. The zero-order valence-corrected chi connectivity index (χ0v) is 17.2. The molecule has 2 saturated heterocycles. The van der Waals surface area contributed by atoms with Crippen molar-refractivity contribution in [2.75, 3.05) is 12.3 Å². The van der Waals surface area contributed by atoms with Gasteiger partial charge >= 0.3 is 6.18 Å². The molecule has 1 nitrogen and oxygen atoms in total. The molecule has 5 heteroatoms. The maximum absolute atomic E-state index is 12.4. The second kappa shape index (κ2) is 7.05. The summed E-state index contributed by atoms with van der Waals surface area (Å²) in [5.41, 5.74) is 0.936. The number of ketones is 1. The summed E-state index contributed by atoms with van der Waals surface area (Å²) >= 11 is 0. The van der Waals surface area contributed by atoms with Gasteiger partial charge in [0.2, 0.25) is 0 Å². The van der Waals surface area contributed by atoms with E-state index < -0.39 is 6.18 Å². The molecular formula is C22H30F3OP. The predicted octanol–water partition coefficient (Wildman–Crippen LogP) is 5.86. The molecule has 4 aliphatic rings. The van der Waals surface area contributed by atoms with Gasteiger partial charge in [-0.05, 0) is 93.0 Å². The van der Waals surface area contributed by atoms with Crippen molar-refractivity contribution in [2.45, 2.75) is 70.6 Å². The third-order valence-corrected chi connectivity index (χ3v) is 11.7. The smallest absolute Gasteiger partial charge is 0.300 e. The van der Waals surface area contributed by atoms with Crippen LogP contribution in [0.4, 0.5) is 13.2 Å². The molecular weight excluding hydrogens is 368 g/mol. The zero-order chi connectivity index (χ0) is 19.4. The Labute approximate surface area is 162 Å². The van der Waals surface area contributed by atoms with Crippen LogP contribution in [-0.4, -0.2) is 29.9 Å². The van der Waals surface area contributed by atoms with E-state index >= 15 is 0 Å². The highest BCUT2D eigenvalue weighted by Gasteiger charge is 2.57. The molecule has 4 rings (SSSR count). The van der Waals surface area contributed by atoms with Gasteiger partial charge in [-0.15, -0.1) is 7.92 Å². The number of alkyl halides is 3. The van der Waals surface area contributed by atoms with E-state index in [1.807, 2.05) is 0 Å². The van der Waals surface area contributed by atoms with Gasteiger partial charge in [0.25, 0.3) is 0 Å². The van der Waals surface area contributed by atoms with Crippen LogP contribution in [0.15, 0.2) is 0 Å². The summed E-state index contributed by atoms with van der Waals surface area (Å²) in [5.74, 6) is 6.82. The maximum atomic E-state index is 12.4. The van der Waals surface area contributed by atoms with E-state index in [1.165, 1.54) is 37.8 Å². The minimum atomic E-state index is -4.36. The molecule has 2 saturated carbocycles. The lowest BCUT2D eigenvalue weighted by atomic mass is 9.56. The number of rotatable bonds is 1. The Bertz CT molecular complexity index is 663. The van der Waals surface area contributed by atoms with Crippen molar-refractivity contribution in [3.05, 3.63) is 0 Å². The lowest BCUT2D eigenvalue weighted by molar-refractivity contribution is -0.126. The quantitative estimate of drug-likeness (QED) is 0.399. The van der Waals surface area contributed by atoms with E-state index in [9.17, 15) is 18.0 Å². The lowest BCUT2D eigenvalue weighted by Gasteiger charge is -2.56. The molecule has 0 aromatic heterocycles. The minimum absolute atomic E-state index is 0.0482. The van der Waals surface area contributed by atoms with Gasteiger partial charge in [0.15, 0.2) is 0 Å². The topological polar surface area (TPSA) is 17.1 Å². The molecule has 0 N–H and O–H groups in total. The number of hydrogen-bond donors (Lipinski definition) is 0. The second-order valence-electron chi connectivity index (χ2n) is 9.61. The number of carbonyl (C=O) groups excluding carboxylic acids is 1. The highest BCUT2D eigenvalue weighted by molar-refractivity contribution is 7.58.